The van der Waals surface area contributed by atoms with Gasteiger partial charge < -0.3 is 4.90 Å². The highest BCUT2D eigenvalue weighted by Gasteiger charge is 2.22. The molecule has 0 saturated carbocycles. The summed E-state index contributed by atoms with van der Waals surface area (Å²) in [6, 6.07) is 0. The maximum atomic E-state index is 11.5. The third-order valence-corrected chi connectivity index (χ3v) is 2.87. The Bertz CT molecular complexity index is 165. The van der Waals surface area contributed by atoms with E-state index in [1.807, 2.05) is 11.9 Å². The van der Waals surface area contributed by atoms with Gasteiger partial charge in [0.05, 0.1) is 0 Å². The molecule has 0 spiro atoms. The van der Waals surface area contributed by atoms with E-state index in [0.29, 0.717) is 17.7 Å². The molecule has 1 fully saturated rings. The predicted octanol–water partition coefficient (Wildman–Crippen LogP) is 1.90. The van der Waals surface area contributed by atoms with E-state index >= 15 is 0 Å². The van der Waals surface area contributed by atoms with Crippen LogP contribution in [-0.2, 0) is 4.79 Å². The van der Waals surface area contributed by atoms with Gasteiger partial charge >= 0.3 is 0 Å². The van der Waals surface area contributed by atoms with Crippen molar-refractivity contribution < 1.29 is 4.79 Å². The number of carbonyl (C=O) groups excluding carboxylic acids is 1. The number of nitrogens with zero attached hydrogens (tertiary/aromatic N) is 1. The van der Waals surface area contributed by atoms with Crippen LogP contribution in [0.1, 0.15) is 33.1 Å². The summed E-state index contributed by atoms with van der Waals surface area (Å²) >= 11 is 0. The maximum Gasteiger partial charge on any atom is 0.222 e. The quantitative estimate of drug-likeness (QED) is 0.587. The molecule has 0 aromatic heterocycles. The molecule has 0 aliphatic carbocycles. The fourth-order valence-corrected chi connectivity index (χ4v) is 1.77. The molecule has 0 N–H and O–H groups in total. The summed E-state index contributed by atoms with van der Waals surface area (Å²) in [4.78, 5) is 13.3. The molecule has 0 aromatic rings. The molecule has 1 heterocycles. The molecule has 2 heteroatoms. The van der Waals surface area contributed by atoms with E-state index in [2.05, 4.69) is 13.8 Å². The van der Waals surface area contributed by atoms with Crippen molar-refractivity contribution in [1.29, 1.82) is 0 Å². The number of carbonyl (C=O) groups is 1. The summed E-state index contributed by atoms with van der Waals surface area (Å²) in [5.41, 5.74) is 0. The van der Waals surface area contributed by atoms with E-state index in [-0.39, 0.29) is 0 Å². The fourth-order valence-electron chi connectivity index (χ4n) is 1.77. The van der Waals surface area contributed by atoms with Gasteiger partial charge in [-0.25, -0.2) is 0 Å². The van der Waals surface area contributed by atoms with E-state index in [1.54, 1.807) is 0 Å². The predicted molar refractivity (Wildman–Crippen MR) is 49.8 cm³/mol. The lowest BCUT2D eigenvalue weighted by atomic mass is 9.89. The minimum atomic E-state index is 0.325. The summed E-state index contributed by atoms with van der Waals surface area (Å²) in [6.07, 6.45) is 3.15. The van der Waals surface area contributed by atoms with Crippen molar-refractivity contribution in [1.82, 2.24) is 4.90 Å². The first-order chi connectivity index (χ1) is 5.61. The van der Waals surface area contributed by atoms with E-state index < -0.39 is 0 Å². The number of rotatable bonds is 1. The summed E-state index contributed by atoms with van der Waals surface area (Å²) in [7, 11) is 1.91. The number of likely N-dealkylation sites (tertiary alicyclic amines) is 1. The number of hydrogen-bond donors (Lipinski definition) is 0. The van der Waals surface area contributed by atoms with E-state index in [4.69, 9.17) is 0 Å². The zero-order valence-corrected chi connectivity index (χ0v) is 8.34. The molecule has 1 saturated heterocycles. The summed E-state index contributed by atoms with van der Waals surface area (Å²) < 4.78 is 0. The largest absolute Gasteiger partial charge is 0.346 e. The third kappa shape index (κ3) is 2.23. The van der Waals surface area contributed by atoms with Crippen molar-refractivity contribution in [3.8, 4) is 0 Å². The van der Waals surface area contributed by atoms with Crippen LogP contribution in [0.2, 0.25) is 0 Å². The van der Waals surface area contributed by atoms with Gasteiger partial charge in [0.1, 0.15) is 0 Å². The summed E-state index contributed by atoms with van der Waals surface area (Å²) in [5.74, 6) is 1.59. The van der Waals surface area contributed by atoms with Crippen LogP contribution in [0, 0.1) is 11.8 Å². The van der Waals surface area contributed by atoms with Gasteiger partial charge in [-0.05, 0) is 24.7 Å². The SMILES string of the molecule is CC(C)C1CCCN(C)C(=O)C1. The molecule has 1 atom stereocenters. The van der Waals surface area contributed by atoms with Crippen molar-refractivity contribution in [2.75, 3.05) is 13.6 Å². The maximum absolute atomic E-state index is 11.5. The van der Waals surface area contributed by atoms with Crippen LogP contribution in [0.5, 0.6) is 0 Å². The van der Waals surface area contributed by atoms with Crippen molar-refractivity contribution >= 4 is 5.91 Å². The van der Waals surface area contributed by atoms with Gasteiger partial charge in [0.25, 0.3) is 0 Å². The van der Waals surface area contributed by atoms with Crippen LogP contribution >= 0.6 is 0 Å². The lowest BCUT2D eigenvalue weighted by Crippen LogP contribution is -2.26. The summed E-state index contributed by atoms with van der Waals surface area (Å²) in [6.45, 7) is 5.37. The molecule has 1 aliphatic heterocycles. The van der Waals surface area contributed by atoms with Crippen LogP contribution in [0.3, 0.4) is 0 Å². The topological polar surface area (TPSA) is 20.3 Å². The highest BCUT2D eigenvalue weighted by molar-refractivity contribution is 5.76. The summed E-state index contributed by atoms with van der Waals surface area (Å²) in [5, 5.41) is 0. The van der Waals surface area contributed by atoms with Crippen LogP contribution in [0.15, 0.2) is 0 Å². The molecule has 70 valence electrons. The number of amides is 1. The van der Waals surface area contributed by atoms with Crippen LogP contribution in [-0.4, -0.2) is 24.4 Å². The molecule has 1 rings (SSSR count). The Morgan fingerprint density at radius 1 is 1.50 bits per heavy atom. The van der Waals surface area contributed by atoms with Crippen molar-refractivity contribution in [2.24, 2.45) is 11.8 Å². The zero-order valence-electron chi connectivity index (χ0n) is 8.34. The van der Waals surface area contributed by atoms with Gasteiger partial charge in [-0.2, -0.15) is 0 Å². The molecule has 1 aliphatic rings. The second-order valence-electron chi connectivity index (χ2n) is 4.17. The van der Waals surface area contributed by atoms with Crippen LogP contribution in [0.25, 0.3) is 0 Å². The lowest BCUT2D eigenvalue weighted by Gasteiger charge is -2.17. The molecule has 12 heavy (non-hydrogen) atoms. The monoisotopic (exact) mass is 169 g/mol. The highest BCUT2D eigenvalue weighted by Crippen LogP contribution is 2.24. The van der Waals surface area contributed by atoms with E-state index in [1.165, 1.54) is 12.8 Å². The molecule has 0 aromatic carbocycles. The smallest absolute Gasteiger partial charge is 0.222 e. The van der Waals surface area contributed by atoms with Crippen molar-refractivity contribution in [3.63, 3.8) is 0 Å². The molecule has 1 amide bonds. The Balaban J connectivity index is 2.54. The first-order valence-corrected chi connectivity index (χ1v) is 4.85. The molecule has 2 nitrogen and oxygen atoms in total. The van der Waals surface area contributed by atoms with Crippen LogP contribution < -0.4 is 0 Å². The molecule has 0 bridgehead atoms. The highest BCUT2D eigenvalue weighted by atomic mass is 16.2. The van der Waals surface area contributed by atoms with Crippen molar-refractivity contribution in [3.05, 3.63) is 0 Å². The van der Waals surface area contributed by atoms with E-state index in [9.17, 15) is 4.79 Å². The van der Waals surface area contributed by atoms with Crippen molar-refractivity contribution in [2.45, 2.75) is 33.1 Å². The fraction of sp³-hybridized carbons (Fsp3) is 0.900. The first-order valence-electron chi connectivity index (χ1n) is 4.85. The van der Waals surface area contributed by atoms with Gasteiger partial charge in [0, 0.05) is 20.0 Å². The minimum absolute atomic E-state index is 0.325. The minimum Gasteiger partial charge on any atom is -0.346 e. The average molecular weight is 169 g/mol. The standard InChI is InChI=1S/C10H19NO/c1-8(2)9-5-4-6-11(3)10(12)7-9/h8-9H,4-7H2,1-3H3. The van der Waals surface area contributed by atoms with Gasteiger partial charge in [-0.1, -0.05) is 13.8 Å². The van der Waals surface area contributed by atoms with Gasteiger partial charge in [0.2, 0.25) is 5.91 Å². The Morgan fingerprint density at radius 2 is 2.17 bits per heavy atom. The normalized spacial score (nSPS) is 26.2. The number of hydrogen-bond acceptors (Lipinski definition) is 1. The van der Waals surface area contributed by atoms with E-state index in [0.717, 1.165) is 13.0 Å². The average Bonchev–Trinajstić information content (AvgIpc) is 2.15. The Labute approximate surface area is 74.9 Å². The molecule has 1 unspecified atom stereocenters. The third-order valence-electron chi connectivity index (χ3n) is 2.87. The molecular formula is C10H19NO. The molecule has 0 radical (unpaired) electrons. The molecular weight excluding hydrogens is 150 g/mol. The Kier molecular flexibility index (Phi) is 3.12. The van der Waals surface area contributed by atoms with Gasteiger partial charge in [-0.15, -0.1) is 0 Å². The Hall–Kier alpha value is -0.530. The van der Waals surface area contributed by atoms with Gasteiger partial charge in [0.15, 0.2) is 0 Å². The first kappa shape index (κ1) is 9.56. The second-order valence-corrected chi connectivity index (χ2v) is 4.17. The second kappa shape index (κ2) is 3.92. The zero-order chi connectivity index (χ0) is 9.14. The Morgan fingerprint density at radius 3 is 2.75 bits per heavy atom. The van der Waals surface area contributed by atoms with Gasteiger partial charge in [-0.3, -0.25) is 4.79 Å². The lowest BCUT2D eigenvalue weighted by molar-refractivity contribution is -0.130. The van der Waals surface area contributed by atoms with Crippen LogP contribution in [0.4, 0.5) is 0 Å².